The molecular weight excluding hydrogens is 342 g/mol. The van der Waals surface area contributed by atoms with Crippen molar-refractivity contribution in [3.8, 4) is 0 Å². The Morgan fingerprint density at radius 2 is 2.04 bits per heavy atom. The third-order valence-corrected chi connectivity index (χ3v) is 4.67. The molecule has 0 bridgehead atoms. The van der Waals surface area contributed by atoms with E-state index in [4.69, 9.17) is 4.74 Å². The minimum Gasteiger partial charge on any atom is -0.376 e. The first kappa shape index (κ1) is 21.4. The van der Waals surface area contributed by atoms with Crippen molar-refractivity contribution in [1.29, 1.82) is 0 Å². The van der Waals surface area contributed by atoms with Crippen LogP contribution in [0.15, 0.2) is 24.3 Å². The molecule has 1 fully saturated rings. The van der Waals surface area contributed by atoms with Crippen molar-refractivity contribution in [3.63, 3.8) is 0 Å². The SMILES string of the molecule is CCCCCCCNCC(=O)Nc1cccc(C(=O)NCC2CCCO2)c1. The maximum absolute atomic E-state index is 12.3. The number of rotatable bonds is 12. The average Bonchev–Trinajstić information content (AvgIpc) is 3.19. The minimum absolute atomic E-state index is 0.0968. The fourth-order valence-corrected chi connectivity index (χ4v) is 3.11. The van der Waals surface area contributed by atoms with Crippen molar-refractivity contribution in [2.75, 3.05) is 31.6 Å². The number of nitrogens with one attached hydrogen (secondary N) is 3. The first-order chi connectivity index (χ1) is 13.2. The summed E-state index contributed by atoms with van der Waals surface area (Å²) in [6, 6.07) is 7.01. The van der Waals surface area contributed by atoms with E-state index in [1.54, 1.807) is 24.3 Å². The average molecular weight is 376 g/mol. The van der Waals surface area contributed by atoms with Crippen LogP contribution in [0.3, 0.4) is 0 Å². The second-order valence-electron chi connectivity index (χ2n) is 7.07. The van der Waals surface area contributed by atoms with Gasteiger partial charge in [-0.3, -0.25) is 9.59 Å². The largest absolute Gasteiger partial charge is 0.376 e. The Morgan fingerprint density at radius 3 is 2.81 bits per heavy atom. The number of ether oxygens (including phenoxy) is 1. The van der Waals surface area contributed by atoms with Crippen LogP contribution in [0.2, 0.25) is 0 Å². The predicted molar refractivity (Wildman–Crippen MR) is 108 cm³/mol. The van der Waals surface area contributed by atoms with Gasteiger partial charge in [-0.1, -0.05) is 38.7 Å². The van der Waals surface area contributed by atoms with Gasteiger partial charge in [-0.25, -0.2) is 0 Å². The van der Waals surface area contributed by atoms with E-state index in [9.17, 15) is 9.59 Å². The van der Waals surface area contributed by atoms with Crippen LogP contribution in [-0.4, -0.2) is 44.2 Å². The highest BCUT2D eigenvalue weighted by Gasteiger charge is 2.16. The van der Waals surface area contributed by atoms with E-state index in [1.807, 2.05) is 0 Å². The molecule has 6 nitrogen and oxygen atoms in total. The van der Waals surface area contributed by atoms with E-state index in [0.717, 1.165) is 32.4 Å². The van der Waals surface area contributed by atoms with E-state index in [1.165, 1.54) is 25.7 Å². The fraction of sp³-hybridized carbons (Fsp3) is 0.619. The zero-order valence-electron chi connectivity index (χ0n) is 16.4. The van der Waals surface area contributed by atoms with Crippen molar-refractivity contribution < 1.29 is 14.3 Å². The fourth-order valence-electron chi connectivity index (χ4n) is 3.11. The van der Waals surface area contributed by atoms with Crippen molar-refractivity contribution in [3.05, 3.63) is 29.8 Å². The summed E-state index contributed by atoms with van der Waals surface area (Å²) in [4.78, 5) is 24.3. The van der Waals surface area contributed by atoms with Gasteiger partial charge in [0, 0.05) is 24.4 Å². The van der Waals surface area contributed by atoms with E-state index >= 15 is 0 Å². The monoisotopic (exact) mass is 375 g/mol. The lowest BCUT2D eigenvalue weighted by Gasteiger charge is -2.12. The molecule has 2 amide bonds. The van der Waals surface area contributed by atoms with Crippen LogP contribution < -0.4 is 16.0 Å². The second-order valence-corrected chi connectivity index (χ2v) is 7.07. The van der Waals surface area contributed by atoms with Gasteiger partial charge in [0.2, 0.25) is 5.91 Å². The molecule has 1 saturated heterocycles. The molecule has 27 heavy (non-hydrogen) atoms. The third-order valence-electron chi connectivity index (χ3n) is 4.67. The van der Waals surface area contributed by atoms with Crippen LogP contribution >= 0.6 is 0 Å². The van der Waals surface area contributed by atoms with Gasteiger partial charge >= 0.3 is 0 Å². The lowest BCUT2D eigenvalue weighted by Crippen LogP contribution is -2.32. The van der Waals surface area contributed by atoms with Crippen LogP contribution in [0.5, 0.6) is 0 Å². The molecule has 1 aromatic rings. The number of hydrogen-bond acceptors (Lipinski definition) is 4. The molecular formula is C21H33N3O3. The maximum Gasteiger partial charge on any atom is 0.251 e. The van der Waals surface area contributed by atoms with Gasteiger partial charge in [-0.15, -0.1) is 0 Å². The van der Waals surface area contributed by atoms with E-state index in [2.05, 4.69) is 22.9 Å². The van der Waals surface area contributed by atoms with Crippen LogP contribution in [0, 0.1) is 0 Å². The molecule has 0 saturated carbocycles. The molecule has 0 aromatic heterocycles. The van der Waals surface area contributed by atoms with Crippen LogP contribution in [0.4, 0.5) is 5.69 Å². The smallest absolute Gasteiger partial charge is 0.251 e. The van der Waals surface area contributed by atoms with Crippen LogP contribution in [0.25, 0.3) is 0 Å². The van der Waals surface area contributed by atoms with Crippen molar-refractivity contribution in [2.24, 2.45) is 0 Å². The van der Waals surface area contributed by atoms with Gasteiger partial charge in [0.1, 0.15) is 0 Å². The Morgan fingerprint density at radius 1 is 1.19 bits per heavy atom. The molecule has 1 atom stereocenters. The van der Waals surface area contributed by atoms with Gasteiger partial charge in [0.05, 0.1) is 12.6 Å². The Bertz CT molecular complexity index is 586. The molecule has 1 unspecified atom stereocenters. The Labute approximate surface area is 162 Å². The molecule has 6 heteroatoms. The summed E-state index contributed by atoms with van der Waals surface area (Å²) in [5, 5.41) is 8.90. The molecule has 1 aromatic carbocycles. The molecule has 1 aliphatic rings. The first-order valence-electron chi connectivity index (χ1n) is 10.2. The molecule has 3 N–H and O–H groups in total. The standard InChI is InChI=1S/C21H33N3O3/c1-2-3-4-5-6-12-22-16-20(25)24-18-10-7-9-17(14-18)21(26)23-15-19-11-8-13-27-19/h7,9-10,14,19,22H,2-6,8,11-13,15-16H2,1H3,(H,23,26)(H,24,25). The summed E-state index contributed by atoms with van der Waals surface area (Å²) >= 11 is 0. The van der Waals surface area contributed by atoms with Crippen molar-refractivity contribution in [2.45, 2.75) is 58.0 Å². The summed E-state index contributed by atoms with van der Waals surface area (Å²) in [5.74, 6) is -0.243. The molecule has 1 heterocycles. The lowest BCUT2D eigenvalue weighted by molar-refractivity contribution is -0.115. The van der Waals surface area contributed by atoms with Gasteiger partial charge < -0.3 is 20.7 Å². The van der Waals surface area contributed by atoms with Gasteiger partial charge in [0.25, 0.3) is 5.91 Å². The Balaban J connectivity index is 1.67. The van der Waals surface area contributed by atoms with Gasteiger partial charge in [-0.05, 0) is 44.0 Å². The minimum atomic E-state index is -0.146. The highest BCUT2D eigenvalue weighted by molar-refractivity contribution is 5.97. The van der Waals surface area contributed by atoms with E-state index < -0.39 is 0 Å². The number of carbonyl (C=O) groups excluding carboxylic acids is 2. The van der Waals surface area contributed by atoms with Crippen LogP contribution in [0.1, 0.15) is 62.2 Å². The predicted octanol–water partition coefficient (Wildman–Crippen LogP) is 3.09. The second kappa shape index (κ2) is 12.5. The number of amides is 2. The van der Waals surface area contributed by atoms with Gasteiger partial charge in [0.15, 0.2) is 0 Å². The quantitative estimate of drug-likeness (QED) is 0.491. The van der Waals surface area contributed by atoms with Crippen LogP contribution in [-0.2, 0) is 9.53 Å². The zero-order chi connectivity index (χ0) is 19.3. The highest BCUT2D eigenvalue weighted by Crippen LogP contribution is 2.13. The first-order valence-corrected chi connectivity index (χ1v) is 10.2. The summed E-state index contributed by atoms with van der Waals surface area (Å²) in [7, 11) is 0. The zero-order valence-corrected chi connectivity index (χ0v) is 16.4. The molecule has 0 spiro atoms. The van der Waals surface area contributed by atoms with E-state index in [0.29, 0.717) is 17.8 Å². The summed E-state index contributed by atoms with van der Waals surface area (Å²) in [5.41, 5.74) is 1.17. The third kappa shape index (κ3) is 8.54. The number of carbonyl (C=O) groups is 2. The van der Waals surface area contributed by atoms with E-state index in [-0.39, 0.29) is 24.5 Å². The number of unbranched alkanes of at least 4 members (excludes halogenated alkanes) is 4. The molecule has 0 radical (unpaired) electrons. The summed E-state index contributed by atoms with van der Waals surface area (Å²) < 4.78 is 5.51. The van der Waals surface area contributed by atoms with Gasteiger partial charge in [-0.2, -0.15) is 0 Å². The maximum atomic E-state index is 12.3. The Kier molecular flexibility index (Phi) is 9.87. The number of anilines is 1. The summed E-state index contributed by atoms with van der Waals surface area (Å²) in [6.07, 6.45) is 8.21. The summed E-state index contributed by atoms with van der Waals surface area (Å²) in [6.45, 7) is 4.63. The topological polar surface area (TPSA) is 79.5 Å². The van der Waals surface area contributed by atoms with Crippen molar-refractivity contribution in [1.82, 2.24) is 10.6 Å². The number of benzene rings is 1. The highest BCUT2D eigenvalue weighted by atomic mass is 16.5. The lowest BCUT2D eigenvalue weighted by atomic mass is 10.1. The molecule has 2 rings (SSSR count). The normalized spacial score (nSPS) is 16.3. The molecule has 0 aliphatic carbocycles. The molecule has 150 valence electrons. The molecule has 1 aliphatic heterocycles. The number of hydrogen-bond donors (Lipinski definition) is 3. The van der Waals surface area contributed by atoms with Crippen molar-refractivity contribution >= 4 is 17.5 Å². The Hall–Kier alpha value is -1.92.